The van der Waals surface area contributed by atoms with Crippen LogP contribution in [0.3, 0.4) is 0 Å². The lowest BCUT2D eigenvalue weighted by Crippen LogP contribution is -2.21. The van der Waals surface area contributed by atoms with Gasteiger partial charge in [0.15, 0.2) is 5.30 Å². The predicted molar refractivity (Wildman–Crippen MR) is 212 cm³/mol. The van der Waals surface area contributed by atoms with Crippen LogP contribution in [0.25, 0.3) is 0 Å². The number of hydrogen-bond acceptors (Lipinski definition) is 9. The highest BCUT2D eigenvalue weighted by atomic mass is 31.2. The molecule has 0 bridgehead atoms. The summed E-state index contributed by atoms with van der Waals surface area (Å²) in [5.41, 5.74) is 1.49. The highest BCUT2D eigenvalue weighted by Crippen LogP contribution is 2.58. The average molecular weight is 762 g/mol. The van der Waals surface area contributed by atoms with E-state index in [1.54, 1.807) is 60.7 Å². The highest BCUT2D eigenvalue weighted by molar-refractivity contribution is 7.95. The molecule has 0 aliphatic heterocycles. The molecule has 2 unspecified atom stereocenters. The van der Waals surface area contributed by atoms with E-state index in [0.29, 0.717) is 17.3 Å². The van der Waals surface area contributed by atoms with Crippen molar-refractivity contribution in [2.24, 2.45) is 11.3 Å². The molecule has 0 radical (unpaired) electrons. The van der Waals surface area contributed by atoms with Gasteiger partial charge in [-0.2, -0.15) is 0 Å². The van der Waals surface area contributed by atoms with Gasteiger partial charge in [0.05, 0.1) is 34.0 Å². The Labute approximate surface area is 314 Å². The summed E-state index contributed by atoms with van der Waals surface area (Å²) in [5.74, 6) is 0.571. The molecule has 4 aromatic rings. The van der Waals surface area contributed by atoms with Crippen LogP contribution >= 0.6 is 14.9 Å². The van der Waals surface area contributed by atoms with Gasteiger partial charge in [-0.1, -0.05) is 80.3 Å². The molecule has 4 rings (SSSR count). The van der Waals surface area contributed by atoms with Crippen molar-refractivity contribution in [2.75, 3.05) is 34.6 Å². The van der Waals surface area contributed by atoms with Crippen LogP contribution in [-0.2, 0) is 9.13 Å². The Balaban J connectivity index is 0.000000334. The summed E-state index contributed by atoms with van der Waals surface area (Å²) in [4.78, 5) is 40.4. The SMILES string of the molecule is COc1cccc(OC)c1C(=O)P(=O)(CC(C)CC(C)(C)C)C(=O)c1c(OC)cccc1OC.Cc1cc(C)c(C(=O)[P+](=O)c2ccccc2)c(C)c1. The molecule has 0 saturated heterocycles. The van der Waals surface area contributed by atoms with E-state index in [-0.39, 0.29) is 57.1 Å². The van der Waals surface area contributed by atoms with E-state index in [4.69, 9.17) is 18.9 Å². The molecule has 0 heterocycles. The summed E-state index contributed by atoms with van der Waals surface area (Å²) >= 11 is 0. The van der Waals surface area contributed by atoms with Crippen molar-refractivity contribution < 1.29 is 42.5 Å². The molecule has 0 amide bonds. The van der Waals surface area contributed by atoms with E-state index in [1.165, 1.54) is 28.4 Å². The molecule has 9 nitrogen and oxygen atoms in total. The fourth-order valence-electron chi connectivity index (χ4n) is 6.59. The van der Waals surface area contributed by atoms with Gasteiger partial charge < -0.3 is 23.5 Å². The lowest BCUT2D eigenvalue weighted by Gasteiger charge is -2.27. The molecular formula is C42H51O9P2+. The summed E-state index contributed by atoms with van der Waals surface area (Å²) < 4.78 is 48.5. The van der Waals surface area contributed by atoms with Gasteiger partial charge in [0.2, 0.25) is 18.2 Å². The largest absolute Gasteiger partial charge is 0.496 e. The Bertz CT molecular complexity index is 1870. The van der Waals surface area contributed by atoms with Gasteiger partial charge >= 0.3 is 13.3 Å². The Morgan fingerprint density at radius 2 is 1.06 bits per heavy atom. The maximum Gasteiger partial charge on any atom is 0.458 e. The predicted octanol–water partition coefficient (Wildman–Crippen LogP) is 10.0. The second-order valence-electron chi connectivity index (χ2n) is 14.2. The minimum Gasteiger partial charge on any atom is -0.496 e. The zero-order valence-electron chi connectivity index (χ0n) is 32.6. The summed E-state index contributed by atoms with van der Waals surface area (Å²) in [6.45, 7) is 13.9. The Morgan fingerprint density at radius 1 is 0.660 bits per heavy atom. The minimum absolute atomic E-state index is 0.0130. The van der Waals surface area contributed by atoms with Gasteiger partial charge in [0.1, 0.15) is 34.1 Å². The first-order chi connectivity index (χ1) is 24.9. The van der Waals surface area contributed by atoms with Gasteiger partial charge in [-0.05, 0) is 86.1 Å². The summed E-state index contributed by atoms with van der Waals surface area (Å²) in [6.07, 6.45) is 0.564. The second kappa shape index (κ2) is 18.4. The summed E-state index contributed by atoms with van der Waals surface area (Å²) in [6, 6.07) is 22.4. The lowest BCUT2D eigenvalue weighted by atomic mass is 9.86. The van der Waals surface area contributed by atoms with Crippen LogP contribution in [0.15, 0.2) is 78.9 Å². The fourth-order valence-corrected chi connectivity index (χ4v) is 10.5. The van der Waals surface area contributed by atoms with Crippen LogP contribution in [0.4, 0.5) is 0 Å². The second-order valence-corrected chi connectivity index (χ2v) is 18.4. The molecule has 0 fully saturated rings. The number of carbonyl (C=O) groups is 3. The van der Waals surface area contributed by atoms with Crippen molar-refractivity contribution in [3.63, 3.8) is 0 Å². The zero-order chi connectivity index (χ0) is 39.7. The maximum atomic E-state index is 14.7. The molecule has 53 heavy (non-hydrogen) atoms. The molecular weight excluding hydrogens is 710 g/mol. The molecule has 0 spiro atoms. The first-order valence-electron chi connectivity index (χ1n) is 17.2. The lowest BCUT2D eigenvalue weighted by molar-refractivity contribution is 0.102. The smallest absolute Gasteiger partial charge is 0.458 e. The first-order valence-corrected chi connectivity index (χ1v) is 20.3. The van der Waals surface area contributed by atoms with Gasteiger partial charge in [0.25, 0.3) is 0 Å². The Kier molecular flexibility index (Phi) is 14.9. The van der Waals surface area contributed by atoms with E-state index < -0.39 is 26.0 Å². The number of benzene rings is 4. The number of ether oxygens (including phenoxy) is 4. The third-order valence-corrected chi connectivity index (χ3v) is 12.8. The number of hydrogen-bond donors (Lipinski definition) is 0. The van der Waals surface area contributed by atoms with Gasteiger partial charge in [-0.15, -0.1) is 0 Å². The molecule has 11 heteroatoms. The van der Waals surface area contributed by atoms with Gasteiger partial charge in [-0.3, -0.25) is 9.59 Å². The standard InChI is InChI=1S/C26H35O7P.C16H16O2P/c1-17(15-26(2,3)4)16-34(29,24(27)22-18(30-5)11-9-12-19(22)31-6)25(28)23-20(32-7)13-10-14-21(23)33-8;1-11-9-12(2)15(13(3)10-11)16(17)19(18)14-7-5-4-6-8-14/h9-14,17H,15-16H2,1-8H3;4-10H,1-3H3/q;+1. The number of rotatable bonds is 14. The number of aryl methyl sites for hydroxylation is 3. The quantitative estimate of drug-likeness (QED) is 0.116. The molecule has 0 N–H and O–H groups in total. The highest BCUT2D eigenvalue weighted by Gasteiger charge is 2.46. The van der Waals surface area contributed by atoms with Gasteiger partial charge in [-0.25, -0.2) is 4.79 Å². The Morgan fingerprint density at radius 3 is 1.42 bits per heavy atom. The van der Waals surface area contributed by atoms with E-state index in [1.807, 2.05) is 45.9 Å². The topological polar surface area (TPSA) is 122 Å². The first kappa shape index (κ1) is 42.8. The van der Waals surface area contributed by atoms with Crippen molar-refractivity contribution in [1.82, 2.24) is 0 Å². The summed E-state index contributed by atoms with van der Waals surface area (Å²) in [7, 11) is -0.664. The van der Waals surface area contributed by atoms with E-state index in [2.05, 4.69) is 20.8 Å². The van der Waals surface area contributed by atoms with Crippen molar-refractivity contribution in [1.29, 1.82) is 0 Å². The van der Waals surface area contributed by atoms with Crippen LogP contribution in [0, 0.1) is 32.1 Å². The molecule has 282 valence electrons. The zero-order valence-corrected chi connectivity index (χ0v) is 34.4. The van der Waals surface area contributed by atoms with E-state index >= 15 is 0 Å². The molecule has 0 aliphatic carbocycles. The van der Waals surface area contributed by atoms with Crippen LogP contribution in [0.1, 0.15) is 81.9 Å². The van der Waals surface area contributed by atoms with Crippen molar-refractivity contribution in [2.45, 2.75) is 54.9 Å². The fraction of sp³-hybridized carbons (Fsp3) is 0.357. The minimum atomic E-state index is -4.25. The van der Waals surface area contributed by atoms with Crippen molar-refractivity contribution in [3.8, 4) is 23.0 Å². The Hall–Kier alpha value is -4.58. The van der Waals surface area contributed by atoms with Crippen molar-refractivity contribution >= 4 is 36.8 Å². The third-order valence-electron chi connectivity index (χ3n) is 8.54. The molecule has 0 saturated carbocycles. The van der Waals surface area contributed by atoms with Crippen molar-refractivity contribution in [3.05, 3.63) is 112 Å². The number of methoxy groups -OCH3 is 4. The number of carbonyl (C=O) groups excluding carboxylic acids is 3. The average Bonchev–Trinajstić information content (AvgIpc) is 3.12. The molecule has 2 atom stereocenters. The molecule has 0 aromatic heterocycles. The van der Waals surface area contributed by atoms with Crippen LogP contribution in [-0.4, -0.2) is 51.2 Å². The monoisotopic (exact) mass is 761 g/mol. The van der Waals surface area contributed by atoms with E-state index in [0.717, 1.165) is 16.7 Å². The summed E-state index contributed by atoms with van der Waals surface area (Å²) in [5, 5.41) is 0.585. The van der Waals surface area contributed by atoms with Crippen LogP contribution < -0.4 is 24.3 Å². The van der Waals surface area contributed by atoms with E-state index in [9.17, 15) is 23.5 Å². The van der Waals surface area contributed by atoms with Crippen LogP contribution in [0.2, 0.25) is 0 Å². The maximum absolute atomic E-state index is 14.7. The molecule has 4 aromatic carbocycles. The third kappa shape index (κ3) is 10.3. The van der Waals surface area contributed by atoms with Gasteiger partial charge in [0, 0.05) is 6.16 Å². The molecule has 0 aliphatic rings. The normalized spacial score (nSPS) is 12.1. The van der Waals surface area contributed by atoms with Crippen LogP contribution in [0.5, 0.6) is 23.0 Å².